The summed E-state index contributed by atoms with van der Waals surface area (Å²) in [7, 11) is 0. The third-order valence-corrected chi connectivity index (χ3v) is 2.41. The van der Waals surface area contributed by atoms with Crippen LogP contribution < -0.4 is 5.32 Å². The van der Waals surface area contributed by atoms with Crippen molar-refractivity contribution in [2.24, 2.45) is 5.41 Å². The van der Waals surface area contributed by atoms with Crippen molar-refractivity contribution in [2.75, 3.05) is 6.54 Å². The third kappa shape index (κ3) is 3.87. The van der Waals surface area contributed by atoms with E-state index in [1.807, 2.05) is 0 Å². The van der Waals surface area contributed by atoms with Crippen LogP contribution in [0.2, 0.25) is 0 Å². The van der Waals surface area contributed by atoms with Crippen LogP contribution in [0.3, 0.4) is 0 Å². The van der Waals surface area contributed by atoms with Crippen LogP contribution in [0, 0.1) is 5.41 Å². The molecular weight excluding hydrogens is 196 g/mol. The minimum absolute atomic E-state index is 0.0736. The van der Waals surface area contributed by atoms with Gasteiger partial charge in [-0.05, 0) is 11.8 Å². The molecule has 0 aliphatic carbocycles. The molecule has 4 heteroatoms. The fraction of sp³-hybridized carbons (Fsp3) is 0.600. The molecule has 78 valence electrons. The number of nitrogens with one attached hydrogen (secondary N) is 1. The first-order valence-corrected chi connectivity index (χ1v) is 5.60. The van der Waals surface area contributed by atoms with Gasteiger partial charge in [0.05, 0.1) is 5.51 Å². The van der Waals surface area contributed by atoms with Crippen LogP contribution in [0.5, 0.6) is 0 Å². The molecule has 0 saturated carbocycles. The van der Waals surface area contributed by atoms with Gasteiger partial charge in [-0.15, -0.1) is 11.3 Å². The minimum Gasteiger partial charge on any atom is -0.351 e. The smallest absolute Gasteiger partial charge is 0.270 e. The van der Waals surface area contributed by atoms with Crippen LogP contribution >= 0.6 is 11.3 Å². The van der Waals surface area contributed by atoms with E-state index in [-0.39, 0.29) is 11.3 Å². The third-order valence-electron chi connectivity index (χ3n) is 1.83. The fourth-order valence-corrected chi connectivity index (χ4v) is 1.50. The zero-order chi connectivity index (χ0) is 10.6. The Morgan fingerprint density at radius 2 is 2.29 bits per heavy atom. The molecule has 1 N–H and O–H groups in total. The molecule has 0 aromatic carbocycles. The molecule has 0 saturated heterocycles. The Labute approximate surface area is 88.6 Å². The van der Waals surface area contributed by atoms with Gasteiger partial charge in [-0.3, -0.25) is 4.79 Å². The maximum atomic E-state index is 11.4. The minimum atomic E-state index is -0.0736. The Bertz CT molecular complexity index is 288. The molecule has 0 fully saturated rings. The molecule has 1 rings (SSSR count). The topological polar surface area (TPSA) is 42.0 Å². The highest BCUT2D eigenvalue weighted by molar-refractivity contribution is 7.07. The molecule has 14 heavy (non-hydrogen) atoms. The Morgan fingerprint density at radius 1 is 1.57 bits per heavy atom. The second-order valence-corrected chi connectivity index (χ2v) is 5.16. The van der Waals surface area contributed by atoms with E-state index in [0.29, 0.717) is 12.2 Å². The first-order valence-electron chi connectivity index (χ1n) is 4.65. The number of rotatable bonds is 3. The molecule has 1 aromatic rings. The van der Waals surface area contributed by atoms with Crippen LogP contribution in [0.25, 0.3) is 0 Å². The predicted octanol–water partition coefficient (Wildman–Crippen LogP) is 2.31. The van der Waals surface area contributed by atoms with Gasteiger partial charge in [0.15, 0.2) is 0 Å². The van der Waals surface area contributed by atoms with Crippen molar-refractivity contribution in [3.63, 3.8) is 0 Å². The molecule has 3 nitrogen and oxygen atoms in total. The molecule has 0 spiro atoms. The summed E-state index contributed by atoms with van der Waals surface area (Å²) in [5.41, 5.74) is 2.44. The summed E-state index contributed by atoms with van der Waals surface area (Å²) in [4.78, 5) is 15.4. The van der Waals surface area contributed by atoms with E-state index in [2.05, 4.69) is 31.1 Å². The molecule has 0 radical (unpaired) electrons. The largest absolute Gasteiger partial charge is 0.351 e. The van der Waals surface area contributed by atoms with Gasteiger partial charge in [-0.1, -0.05) is 20.8 Å². The number of thiazole rings is 1. The van der Waals surface area contributed by atoms with Gasteiger partial charge in [-0.2, -0.15) is 0 Å². The van der Waals surface area contributed by atoms with Gasteiger partial charge in [0.1, 0.15) is 5.69 Å². The first-order chi connectivity index (χ1) is 6.49. The monoisotopic (exact) mass is 212 g/mol. The van der Waals surface area contributed by atoms with Crippen molar-refractivity contribution >= 4 is 17.2 Å². The maximum absolute atomic E-state index is 11.4. The molecule has 1 amide bonds. The average Bonchev–Trinajstić information content (AvgIpc) is 2.53. The van der Waals surface area contributed by atoms with Gasteiger partial charge < -0.3 is 5.32 Å². The Morgan fingerprint density at radius 3 is 2.79 bits per heavy atom. The SMILES string of the molecule is CC(C)(C)CCNC(=O)c1cscn1. The Kier molecular flexibility index (Phi) is 3.63. The summed E-state index contributed by atoms with van der Waals surface area (Å²) in [6, 6.07) is 0. The lowest BCUT2D eigenvalue weighted by molar-refractivity contribution is 0.0945. The predicted molar refractivity (Wildman–Crippen MR) is 58.5 cm³/mol. The van der Waals surface area contributed by atoms with Gasteiger partial charge in [0.25, 0.3) is 5.91 Å². The molecular formula is C10H16N2OS. The van der Waals surface area contributed by atoms with Gasteiger partial charge >= 0.3 is 0 Å². The summed E-state index contributed by atoms with van der Waals surface area (Å²) < 4.78 is 0. The standard InChI is InChI=1S/C10H16N2OS/c1-10(2,3)4-5-11-9(13)8-6-14-7-12-8/h6-7H,4-5H2,1-3H3,(H,11,13). The zero-order valence-electron chi connectivity index (χ0n) is 8.83. The molecule has 1 aromatic heterocycles. The van der Waals surface area contributed by atoms with Crippen molar-refractivity contribution in [3.05, 3.63) is 16.6 Å². The lowest BCUT2D eigenvalue weighted by atomic mass is 9.92. The second kappa shape index (κ2) is 4.55. The van der Waals surface area contributed by atoms with Gasteiger partial charge in [-0.25, -0.2) is 4.98 Å². The number of nitrogens with zero attached hydrogens (tertiary/aromatic N) is 1. The highest BCUT2D eigenvalue weighted by atomic mass is 32.1. The molecule has 0 aliphatic heterocycles. The lowest BCUT2D eigenvalue weighted by Gasteiger charge is -2.17. The number of hydrogen-bond acceptors (Lipinski definition) is 3. The van der Waals surface area contributed by atoms with E-state index < -0.39 is 0 Å². The fourth-order valence-electron chi connectivity index (χ4n) is 0.966. The zero-order valence-corrected chi connectivity index (χ0v) is 9.65. The molecule has 0 aliphatic rings. The average molecular weight is 212 g/mol. The highest BCUT2D eigenvalue weighted by Gasteiger charge is 2.11. The van der Waals surface area contributed by atoms with E-state index in [9.17, 15) is 4.79 Å². The molecule has 0 atom stereocenters. The summed E-state index contributed by atoms with van der Waals surface area (Å²) in [6.45, 7) is 7.17. The van der Waals surface area contributed by atoms with Crippen molar-refractivity contribution in [3.8, 4) is 0 Å². The Balaban J connectivity index is 2.30. The van der Waals surface area contributed by atoms with Crippen LogP contribution in [0.4, 0.5) is 0 Å². The van der Waals surface area contributed by atoms with Crippen molar-refractivity contribution in [1.82, 2.24) is 10.3 Å². The normalized spacial score (nSPS) is 11.4. The summed E-state index contributed by atoms with van der Waals surface area (Å²) in [5.74, 6) is -0.0736. The molecule has 0 bridgehead atoms. The van der Waals surface area contributed by atoms with Crippen molar-refractivity contribution in [1.29, 1.82) is 0 Å². The van der Waals surface area contributed by atoms with Crippen molar-refractivity contribution < 1.29 is 4.79 Å². The van der Waals surface area contributed by atoms with Gasteiger partial charge in [0.2, 0.25) is 0 Å². The number of carbonyl (C=O) groups excluding carboxylic acids is 1. The lowest BCUT2D eigenvalue weighted by Crippen LogP contribution is -2.27. The maximum Gasteiger partial charge on any atom is 0.270 e. The van der Waals surface area contributed by atoms with Crippen LogP contribution in [-0.4, -0.2) is 17.4 Å². The highest BCUT2D eigenvalue weighted by Crippen LogP contribution is 2.16. The summed E-state index contributed by atoms with van der Waals surface area (Å²) in [5, 5.41) is 4.60. The number of hydrogen-bond donors (Lipinski definition) is 1. The van der Waals surface area contributed by atoms with E-state index >= 15 is 0 Å². The first kappa shape index (κ1) is 11.2. The quantitative estimate of drug-likeness (QED) is 0.835. The molecule has 0 unspecified atom stereocenters. The van der Waals surface area contributed by atoms with Crippen LogP contribution in [0.1, 0.15) is 37.7 Å². The summed E-state index contributed by atoms with van der Waals surface area (Å²) in [6.07, 6.45) is 0.975. The number of aromatic nitrogens is 1. The van der Waals surface area contributed by atoms with Crippen LogP contribution in [0.15, 0.2) is 10.9 Å². The molecule has 1 heterocycles. The Hall–Kier alpha value is -0.900. The second-order valence-electron chi connectivity index (χ2n) is 4.44. The van der Waals surface area contributed by atoms with E-state index in [1.165, 1.54) is 11.3 Å². The van der Waals surface area contributed by atoms with Crippen LogP contribution in [-0.2, 0) is 0 Å². The van der Waals surface area contributed by atoms with E-state index in [1.54, 1.807) is 10.9 Å². The number of carbonyl (C=O) groups is 1. The van der Waals surface area contributed by atoms with E-state index in [4.69, 9.17) is 0 Å². The van der Waals surface area contributed by atoms with Gasteiger partial charge in [0, 0.05) is 11.9 Å². The summed E-state index contributed by atoms with van der Waals surface area (Å²) >= 11 is 1.43. The van der Waals surface area contributed by atoms with Crippen molar-refractivity contribution in [2.45, 2.75) is 27.2 Å². The van der Waals surface area contributed by atoms with E-state index in [0.717, 1.165) is 6.42 Å². The number of amides is 1.